The summed E-state index contributed by atoms with van der Waals surface area (Å²) in [6.07, 6.45) is 1.55. The monoisotopic (exact) mass is 452 g/mol. The zero-order chi connectivity index (χ0) is 22.2. The largest absolute Gasteiger partial charge is 0.490 e. The van der Waals surface area contributed by atoms with Gasteiger partial charge in [0, 0.05) is 38.8 Å². The van der Waals surface area contributed by atoms with Crippen LogP contribution in [0.15, 0.2) is 48.5 Å². The van der Waals surface area contributed by atoms with Gasteiger partial charge in [0.2, 0.25) is 0 Å². The number of fused-ring (bicyclic) bond motifs is 2. The first-order valence-corrected chi connectivity index (χ1v) is 12.1. The Morgan fingerprint density at radius 3 is 2.97 bits per heavy atom. The topological polar surface area (TPSA) is 48.5 Å². The first-order chi connectivity index (χ1) is 15.5. The average molecular weight is 453 g/mol. The molecule has 2 aromatic carbocycles. The minimum atomic E-state index is -0.545. The standard InChI is InChI=1S/C26H29FN2O2S/c1-16-10-22-23(28-16)4-3-5-24(22)31-15-21(30)14-29-9-8-18(11-17(29)2)26-13-19-12-20(27)6-7-25(19)32-26/h3-7,10,12-13,17-18,21,28,30H,8-9,11,14-15H2,1-2H3/t17-,18-,21+/m1/s1. The molecule has 5 rings (SSSR count). The van der Waals surface area contributed by atoms with Gasteiger partial charge in [-0.3, -0.25) is 4.90 Å². The number of H-pyrrole nitrogens is 1. The third kappa shape index (κ3) is 4.40. The number of aryl methyl sites for hydroxylation is 1. The van der Waals surface area contributed by atoms with Crippen molar-refractivity contribution in [2.75, 3.05) is 19.7 Å². The van der Waals surface area contributed by atoms with Gasteiger partial charge < -0.3 is 14.8 Å². The van der Waals surface area contributed by atoms with Gasteiger partial charge in [0.25, 0.3) is 0 Å². The van der Waals surface area contributed by atoms with E-state index in [0.29, 0.717) is 18.5 Å². The van der Waals surface area contributed by atoms with Crippen LogP contribution in [-0.4, -0.2) is 46.8 Å². The molecule has 1 aliphatic heterocycles. The molecule has 0 saturated carbocycles. The van der Waals surface area contributed by atoms with Crippen molar-refractivity contribution in [1.29, 1.82) is 0 Å². The molecule has 3 heterocycles. The molecule has 0 aliphatic carbocycles. The van der Waals surface area contributed by atoms with Gasteiger partial charge in [-0.25, -0.2) is 4.39 Å². The third-order valence-electron chi connectivity index (χ3n) is 6.55. The highest BCUT2D eigenvalue weighted by atomic mass is 32.1. The van der Waals surface area contributed by atoms with E-state index in [2.05, 4.69) is 28.9 Å². The molecule has 2 N–H and O–H groups in total. The van der Waals surface area contributed by atoms with Crippen molar-refractivity contribution in [3.8, 4) is 5.75 Å². The van der Waals surface area contributed by atoms with Crippen LogP contribution in [-0.2, 0) is 0 Å². The smallest absolute Gasteiger partial charge is 0.128 e. The van der Waals surface area contributed by atoms with Crippen molar-refractivity contribution >= 4 is 32.3 Å². The van der Waals surface area contributed by atoms with Gasteiger partial charge in [-0.2, -0.15) is 0 Å². The highest BCUT2D eigenvalue weighted by Gasteiger charge is 2.29. The number of benzene rings is 2. The van der Waals surface area contributed by atoms with Crippen molar-refractivity contribution in [2.24, 2.45) is 0 Å². The predicted molar refractivity (Wildman–Crippen MR) is 129 cm³/mol. The Hall–Kier alpha value is -2.41. The number of aliphatic hydroxyl groups is 1. The van der Waals surface area contributed by atoms with E-state index in [9.17, 15) is 9.50 Å². The molecule has 0 bridgehead atoms. The molecule has 1 saturated heterocycles. The molecule has 4 nitrogen and oxygen atoms in total. The number of thiophene rings is 1. The number of ether oxygens (including phenoxy) is 1. The lowest BCUT2D eigenvalue weighted by molar-refractivity contribution is 0.0408. The van der Waals surface area contributed by atoms with Crippen LogP contribution < -0.4 is 4.74 Å². The lowest BCUT2D eigenvalue weighted by Crippen LogP contribution is -2.45. The number of aromatic amines is 1. The fraction of sp³-hybridized carbons (Fsp3) is 0.385. The molecular weight excluding hydrogens is 423 g/mol. The Morgan fingerprint density at radius 2 is 2.12 bits per heavy atom. The molecule has 1 aliphatic rings. The van der Waals surface area contributed by atoms with E-state index >= 15 is 0 Å². The Bertz CT molecular complexity index is 1230. The van der Waals surface area contributed by atoms with Gasteiger partial charge in [-0.15, -0.1) is 11.3 Å². The zero-order valence-corrected chi connectivity index (χ0v) is 19.3. The Labute approximate surface area is 191 Å². The molecule has 0 spiro atoms. The van der Waals surface area contributed by atoms with Crippen molar-refractivity contribution in [1.82, 2.24) is 9.88 Å². The van der Waals surface area contributed by atoms with Crippen LogP contribution in [0.5, 0.6) is 5.75 Å². The highest BCUT2D eigenvalue weighted by molar-refractivity contribution is 7.19. The van der Waals surface area contributed by atoms with Gasteiger partial charge in [-0.1, -0.05) is 6.07 Å². The van der Waals surface area contributed by atoms with Crippen LogP contribution in [0.4, 0.5) is 4.39 Å². The fourth-order valence-electron chi connectivity index (χ4n) is 4.89. The summed E-state index contributed by atoms with van der Waals surface area (Å²) in [7, 11) is 0. The summed E-state index contributed by atoms with van der Waals surface area (Å²) in [5.74, 6) is 1.12. The van der Waals surface area contributed by atoms with Gasteiger partial charge in [-0.05, 0) is 87.0 Å². The van der Waals surface area contributed by atoms with Crippen LogP contribution in [0, 0.1) is 12.7 Å². The number of β-amino-alcohol motifs (C(OH)–C–C–N with tert-alkyl or cyclic N) is 1. The maximum absolute atomic E-state index is 13.5. The number of hydrogen-bond acceptors (Lipinski definition) is 4. The molecule has 6 heteroatoms. The van der Waals surface area contributed by atoms with Crippen molar-refractivity contribution in [3.63, 3.8) is 0 Å². The van der Waals surface area contributed by atoms with E-state index in [1.54, 1.807) is 17.4 Å². The molecule has 3 atom stereocenters. The molecule has 0 amide bonds. The summed E-state index contributed by atoms with van der Waals surface area (Å²) in [5.41, 5.74) is 2.14. The Balaban J connectivity index is 1.17. The number of likely N-dealkylation sites (tertiary alicyclic amines) is 1. The summed E-state index contributed by atoms with van der Waals surface area (Å²) in [5, 5.41) is 12.7. The molecule has 0 radical (unpaired) electrons. The maximum Gasteiger partial charge on any atom is 0.128 e. The van der Waals surface area contributed by atoms with Crippen molar-refractivity contribution in [2.45, 2.75) is 44.8 Å². The second kappa shape index (κ2) is 8.85. The second-order valence-electron chi connectivity index (χ2n) is 9.03. The molecule has 0 unspecified atom stereocenters. The first kappa shape index (κ1) is 21.4. The number of aliphatic hydroxyl groups excluding tert-OH is 1. The van der Waals surface area contributed by atoms with E-state index in [1.165, 1.54) is 10.9 Å². The number of halogens is 1. The molecule has 168 valence electrons. The Morgan fingerprint density at radius 1 is 1.25 bits per heavy atom. The SMILES string of the molecule is Cc1cc2c(OC[C@@H](O)CN3CC[C@@H](c4cc5cc(F)ccc5s4)C[C@H]3C)cccc2[nH]1. The fourth-order valence-corrected chi connectivity index (χ4v) is 6.08. The van der Waals surface area contributed by atoms with Crippen LogP contribution in [0.25, 0.3) is 21.0 Å². The minimum Gasteiger partial charge on any atom is -0.490 e. The molecule has 32 heavy (non-hydrogen) atoms. The number of piperidine rings is 1. The van der Waals surface area contributed by atoms with Gasteiger partial charge in [0.05, 0.1) is 0 Å². The van der Waals surface area contributed by atoms with Crippen molar-refractivity contribution < 1.29 is 14.2 Å². The zero-order valence-electron chi connectivity index (χ0n) is 18.5. The van der Waals surface area contributed by atoms with Crippen LogP contribution in [0.2, 0.25) is 0 Å². The quantitative estimate of drug-likeness (QED) is 0.386. The predicted octanol–water partition coefficient (Wildman–Crippen LogP) is 5.84. The van der Waals surface area contributed by atoms with Crippen LogP contribution in [0.1, 0.15) is 36.3 Å². The summed E-state index contributed by atoms with van der Waals surface area (Å²) in [4.78, 5) is 7.02. The summed E-state index contributed by atoms with van der Waals surface area (Å²) in [6, 6.07) is 15.6. The van der Waals surface area contributed by atoms with Crippen molar-refractivity contribution in [3.05, 3.63) is 64.9 Å². The van der Waals surface area contributed by atoms with E-state index in [4.69, 9.17) is 4.74 Å². The van der Waals surface area contributed by atoms with E-state index in [-0.39, 0.29) is 12.4 Å². The highest BCUT2D eigenvalue weighted by Crippen LogP contribution is 2.38. The van der Waals surface area contributed by atoms with E-state index in [1.807, 2.05) is 31.2 Å². The molecule has 4 aromatic rings. The van der Waals surface area contributed by atoms with Gasteiger partial charge >= 0.3 is 0 Å². The second-order valence-corrected chi connectivity index (χ2v) is 10.1. The van der Waals surface area contributed by atoms with Crippen LogP contribution >= 0.6 is 11.3 Å². The van der Waals surface area contributed by atoms with E-state index < -0.39 is 6.10 Å². The number of nitrogens with one attached hydrogen (secondary N) is 1. The maximum atomic E-state index is 13.5. The first-order valence-electron chi connectivity index (χ1n) is 11.3. The summed E-state index contributed by atoms with van der Waals surface area (Å²) < 4.78 is 20.7. The van der Waals surface area contributed by atoms with E-state index in [0.717, 1.165) is 51.8 Å². The normalized spacial score (nSPS) is 20.8. The van der Waals surface area contributed by atoms with Crippen LogP contribution in [0.3, 0.4) is 0 Å². The number of hydrogen-bond donors (Lipinski definition) is 2. The number of aromatic nitrogens is 1. The lowest BCUT2D eigenvalue weighted by Gasteiger charge is -2.38. The number of nitrogens with zero attached hydrogens (tertiary/aromatic N) is 1. The summed E-state index contributed by atoms with van der Waals surface area (Å²) in [6.45, 7) is 6.08. The summed E-state index contributed by atoms with van der Waals surface area (Å²) >= 11 is 1.78. The minimum absolute atomic E-state index is 0.177. The molecule has 1 fully saturated rings. The third-order valence-corrected chi connectivity index (χ3v) is 7.83. The van der Waals surface area contributed by atoms with Gasteiger partial charge in [0.15, 0.2) is 0 Å². The molecular formula is C26H29FN2O2S. The van der Waals surface area contributed by atoms with Gasteiger partial charge in [0.1, 0.15) is 24.3 Å². The average Bonchev–Trinajstić information content (AvgIpc) is 3.36. The lowest BCUT2D eigenvalue weighted by atomic mass is 9.90. The molecule has 2 aromatic heterocycles. The Kier molecular flexibility index (Phi) is 5.93. The number of rotatable bonds is 6.